The zero-order chi connectivity index (χ0) is 22.1. The van der Waals surface area contributed by atoms with Crippen LogP contribution in [0.25, 0.3) is 11.0 Å². The van der Waals surface area contributed by atoms with Crippen molar-refractivity contribution in [2.75, 3.05) is 41.3 Å². The van der Waals surface area contributed by atoms with E-state index in [0.717, 1.165) is 18.8 Å². The van der Waals surface area contributed by atoms with Crippen molar-refractivity contribution in [2.24, 2.45) is 0 Å². The van der Waals surface area contributed by atoms with Crippen LogP contribution in [-0.4, -0.2) is 42.4 Å². The quantitative estimate of drug-likeness (QED) is 0.489. The van der Waals surface area contributed by atoms with Crippen molar-refractivity contribution in [3.8, 4) is 0 Å². The van der Waals surface area contributed by atoms with Crippen LogP contribution >= 0.6 is 11.6 Å². The van der Waals surface area contributed by atoms with E-state index < -0.39 is 0 Å². The lowest BCUT2D eigenvalue weighted by molar-refractivity contribution is 0.102. The Balaban J connectivity index is 1.24. The second-order valence-electron chi connectivity index (χ2n) is 7.54. The van der Waals surface area contributed by atoms with E-state index in [-0.39, 0.29) is 11.7 Å². The van der Waals surface area contributed by atoms with Crippen LogP contribution in [0, 0.1) is 5.82 Å². The van der Waals surface area contributed by atoms with Crippen molar-refractivity contribution in [3.63, 3.8) is 0 Å². The molecule has 0 radical (unpaired) electrons. The van der Waals surface area contributed by atoms with E-state index in [0.29, 0.717) is 46.1 Å². The Morgan fingerprint density at radius 1 is 0.906 bits per heavy atom. The summed E-state index contributed by atoms with van der Waals surface area (Å²) >= 11 is 5.96. The number of nitrogens with zero attached hydrogens (tertiary/aromatic N) is 4. The topological polar surface area (TPSA) is 74.5 Å². The summed E-state index contributed by atoms with van der Waals surface area (Å²) in [5.74, 6) is -0.738. The van der Waals surface area contributed by atoms with Crippen LogP contribution in [0.5, 0.6) is 0 Å². The highest BCUT2D eigenvalue weighted by Gasteiger charge is 2.20. The zero-order valence-electron chi connectivity index (χ0n) is 17.0. The lowest BCUT2D eigenvalue weighted by Gasteiger charge is -2.37. The molecule has 4 aromatic rings. The minimum Gasteiger partial charge on any atom is -0.368 e. The summed E-state index contributed by atoms with van der Waals surface area (Å²) in [7, 11) is 0. The molecule has 7 nitrogen and oxygen atoms in total. The molecule has 0 bridgehead atoms. The van der Waals surface area contributed by atoms with Crippen molar-refractivity contribution in [3.05, 3.63) is 77.1 Å². The first kappa shape index (κ1) is 20.3. The number of carbonyl (C=O) groups is 1. The van der Waals surface area contributed by atoms with Crippen LogP contribution in [0.2, 0.25) is 5.02 Å². The molecule has 1 fully saturated rings. The number of hydrogen-bond donors (Lipinski definition) is 1. The van der Waals surface area contributed by atoms with Gasteiger partial charge in [0.25, 0.3) is 5.91 Å². The van der Waals surface area contributed by atoms with Gasteiger partial charge in [0.1, 0.15) is 16.9 Å². The van der Waals surface area contributed by atoms with Gasteiger partial charge in [0.05, 0.1) is 5.69 Å². The van der Waals surface area contributed by atoms with Crippen LogP contribution in [-0.2, 0) is 0 Å². The molecule has 1 N–H and O–H groups in total. The van der Waals surface area contributed by atoms with Gasteiger partial charge >= 0.3 is 0 Å². The summed E-state index contributed by atoms with van der Waals surface area (Å²) in [5, 5.41) is 10.9. The van der Waals surface area contributed by atoms with Gasteiger partial charge in [-0.05, 0) is 71.0 Å². The number of halogens is 2. The third-order valence-corrected chi connectivity index (χ3v) is 5.79. The maximum atomic E-state index is 14.9. The Morgan fingerprint density at radius 3 is 2.38 bits per heavy atom. The molecule has 2 heterocycles. The summed E-state index contributed by atoms with van der Waals surface area (Å²) in [6, 6.07) is 17.3. The third kappa shape index (κ3) is 4.09. The second-order valence-corrected chi connectivity index (χ2v) is 7.97. The molecule has 0 spiro atoms. The molecule has 9 heteroatoms. The normalized spacial score (nSPS) is 14.1. The number of rotatable bonds is 4. The van der Waals surface area contributed by atoms with Crippen LogP contribution in [0.4, 0.5) is 21.5 Å². The molecule has 3 aromatic carbocycles. The fourth-order valence-corrected chi connectivity index (χ4v) is 3.95. The first-order valence-electron chi connectivity index (χ1n) is 10.2. The number of benzene rings is 3. The Bertz CT molecular complexity index is 1270. The van der Waals surface area contributed by atoms with Crippen molar-refractivity contribution < 1.29 is 13.8 Å². The minimum atomic E-state index is -0.376. The highest BCUT2D eigenvalue weighted by atomic mass is 35.5. The van der Waals surface area contributed by atoms with Gasteiger partial charge < -0.3 is 15.1 Å². The average molecular weight is 452 g/mol. The van der Waals surface area contributed by atoms with E-state index in [1.54, 1.807) is 30.3 Å². The van der Waals surface area contributed by atoms with Gasteiger partial charge in [0.15, 0.2) is 0 Å². The number of carbonyl (C=O) groups excluding carboxylic acids is 1. The van der Waals surface area contributed by atoms with Crippen LogP contribution in [0.1, 0.15) is 10.4 Å². The maximum Gasteiger partial charge on any atom is 0.255 e. The van der Waals surface area contributed by atoms with E-state index in [1.807, 2.05) is 29.2 Å². The number of piperazine rings is 1. The number of amides is 1. The number of anilines is 3. The number of nitrogens with one attached hydrogen (secondary N) is 1. The van der Waals surface area contributed by atoms with Crippen molar-refractivity contribution in [2.45, 2.75) is 0 Å². The monoisotopic (exact) mass is 451 g/mol. The number of hydrogen-bond acceptors (Lipinski definition) is 6. The molecule has 1 aliphatic rings. The average Bonchev–Trinajstić information content (AvgIpc) is 3.28. The van der Waals surface area contributed by atoms with Gasteiger partial charge in [0.2, 0.25) is 0 Å². The standard InChI is InChI=1S/C23H19ClFN5O2/c24-16-2-5-18(6-3-16)29-9-11-30(12-10-29)22-8-4-17(14-19(22)25)26-23(31)15-1-7-20-21(13-15)28-32-27-20/h1-8,13-14H,9-12H2,(H,26,31). The Labute approximate surface area is 188 Å². The SMILES string of the molecule is O=C(Nc1ccc(N2CCN(c3ccc(Cl)cc3)CC2)c(F)c1)c1ccc2nonc2c1. The summed E-state index contributed by atoms with van der Waals surface area (Å²) in [5.41, 5.74) is 3.44. The molecule has 1 amide bonds. The molecule has 1 aromatic heterocycles. The predicted octanol–water partition coefficient (Wildman–Crippen LogP) is 4.59. The Morgan fingerprint density at radius 2 is 1.62 bits per heavy atom. The largest absolute Gasteiger partial charge is 0.368 e. The molecule has 0 saturated carbocycles. The molecule has 162 valence electrons. The third-order valence-electron chi connectivity index (χ3n) is 5.53. The maximum absolute atomic E-state index is 14.9. The molecule has 32 heavy (non-hydrogen) atoms. The predicted molar refractivity (Wildman–Crippen MR) is 122 cm³/mol. The smallest absolute Gasteiger partial charge is 0.255 e. The minimum absolute atomic E-state index is 0.362. The number of aromatic nitrogens is 2. The molecular formula is C23H19ClFN5O2. The van der Waals surface area contributed by atoms with E-state index in [1.165, 1.54) is 6.07 Å². The Kier molecular flexibility index (Phi) is 5.36. The summed E-state index contributed by atoms with van der Waals surface area (Å²) in [6.07, 6.45) is 0. The first-order valence-corrected chi connectivity index (χ1v) is 10.5. The van der Waals surface area contributed by atoms with E-state index in [4.69, 9.17) is 11.6 Å². The highest BCUT2D eigenvalue weighted by molar-refractivity contribution is 6.30. The second kappa shape index (κ2) is 8.47. The summed E-state index contributed by atoms with van der Waals surface area (Å²) in [6.45, 7) is 2.94. The molecule has 0 aliphatic carbocycles. The number of fused-ring (bicyclic) bond motifs is 1. The fraction of sp³-hybridized carbons (Fsp3) is 0.174. The van der Waals surface area contributed by atoms with Gasteiger partial charge in [0, 0.05) is 48.1 Å². The molecule has 0 atom stereocenters. The van der Waals surface area contributed by atoms with Gasteiger partial charge in [-0.1, -0.05) is 11.6 Å². The lowest BCUT2D eigenvalue weighted by Crippen LogP contribution is -2.46. The van der Waals surface area contributed by atoms with Gasteiger partial charge in [-0.25, -0.2) is 9.02 Å². The first-order chi connectivity index (χ1) is 15.6. The van der Waals surface area contributed by atoms with Gasteiger partial charge in [-0.15, -0.1) is 0 Å². The zero-order valence-corrected chi connectivity index (χ0v) is 17.7. The highest BCUT2D eigenvalue weighted by Crippen LogP contribution is 2.26. The van der Waals surface area contributed by atoms with E-state index >= 15 is 0 Å². The van der Waals surface area contributed by atoms with Crippen LogP contribution in [0.3, 0.4) is 0 Å². The van der Waals surface area contributed by atoms with Gasteiger partial charge in [-0.3, -0.25) is 4.79 Å². The van der Waals surface area contributed by atoms with Crippen LogP contribution in [0.15, 0.2) is 65.3 Å². The molecular weight excluding hydrogens is 433 g/mol. The lowest BCUT2D eigenvalue weighted by atomic mass is 10.1. The summed E-state index contributed by atoms with van der Waals surface area (Å²) in [4.78, 5) is 16.8. The van der Waals surface area contributed by atoms with Crippen molar-refractivity contribution in [1.29, 1.82) is 0 Å². The molecule has 5 rings (SSSR count). The van der Waals surface area contributed by atoms with Crippen molar-refractivity contribution >= 4 is 45.6 Å². The summed E-state index contributed by atoms with van der Waals surface area (Å²) < 4.78 is 19.5. The van der Waals surface area contributed by atoms with Crippen LogP contribution < -0.4 is 15.1 Å². The molecule has 1 aliphatic heterocycles. The Hall–Kier alpha value is -3.65. The molecule has 1 saturated heterocycles. The fourth-order valence-electron chi connectivity index (χ4n) is 3.83. The van der Waals surface area contributed by atoms with E-state index in [2.05, 4.69) is 25.2 Å². The van der Waals surface area contributed by atoms with E-state index in [9.17, 15) is 9.18 Å². The van der Waals surface area contributed by atoms with Crippen molar-refractivity contribution in [1.82, 2.24) is 10.3 Å². The molecule has 0 unspecified atom stereocenters. The van der Waals surface area contributed by atoms with Gasteiger partial charge in [-0.2, -0.15) is 0 Å².